The molecular formula is C16H24FN. The van der Waals surface area contributed by atoms with Crippen molar-refractivity contribution in [2.75, 3.05) is 6.54 Å². The standard InChI is InChI=1S/C16H24FN/c1-2-5-12-8-9-13(11-18)15(10-12)14-6-3-4-7-16(14)17/h3-4,6-7,12-13,15H,2,5,8-11,18H2,1H3. The maximum Gasteiger partial charge on any atom is 0.126 e. The first-order chi connectivity index (χ1) is 8.76. The second-order valence-electron chi connectivity index (χ2n) is 5.59. The van der Waals surface area contributed by atoms with Crippen molar-refractivity contribution in [2.45, 2.75) is 44.9 Å². The molecule has 100 valence electrons. The number of hydrogen-bond donors (Lipinski definition) is 1. The van der Waals surface area contributed by atoms with Crippen LogP contribution in [-0.2, 0) is 0 Å². The maximum atomic E-state index is 14.0. The third-order valence-electron chi connectivity index (χ3n) is 4.41. The topological polar surface area (TPSA) is 26.0 Å². The van der Waals surface area contributed by atoms with Crippen LogP contribution in [-0.4, -0.2) is 6.54 Å². The summed E-state index contributed by atoms with van der Waals surface area (Å²) in [5.74, 6) is 1.47. The molecule has 0 bridgehead atoms. The summed E-state index contributed by atoms with van der Waals surface area (Å²) in [5.41, 5.74) is 6.76. The van der Waals surface area contributed by atoms with Crippen molar-refractivity contribution in [3.8, 4) is 0 Å². The minimum absolute atomic E-state index is 0.0573. The number of halogens is 1. The van der Waals surface area contributed by atoms with Crippen LogP contribution in [0.4, 0.5) is 4.39 Å². The molecule has 3 atom stereocenters. The van der Waals surface area contributed by atoms with Gasteiger partial charge in [-0.25, -0.2) is 4.39 Å². The lowest BCUT2D eigenvalue weighted by atomic mass is 9.70. The van der Waals surface area contributed by atoms with Crippen molar-refractivity contribution in [3.05, 3.63) is 35.6 Å². The van der Waals surface area contributed by atoms with Crippen LogP contribution in [0.1, 0.15) is 50.5 Å². The molecule has 0 amide bonds. The zero-order chi connectivity index (χ0) is 13.0. The minimum Gasteiger partial charge on any atom is -0.330 e. The van der Waals surface area contributed by atoms with E-state index in [1.165, 1.54) is 19.3 Å². The number of rotatable bonds is 4. The summed E-state index contributed by atoms with van der Waals surface area (Å²) < 4.78 is 14.0. The van der Waals surface area contributed by atoms with Crippen LogP contribution >= 0.6 is 0 Å². The summed E-state index contributed by atoms with van der Waals surface area (Å²) in [6, 6.07) is 7.22. The van der Waals surface area contributed by atoms with Gasteiger partial charge in [0.15, 0.2) is 0 Å². The van der Waals surface area contributed by atoms with Gasteiger partial charge in [-0.15, -0.1) is 0 Å². The van der Waals surface area contributed by atoms with Crippen molar-refractivity contribution in [1.29, 1.82) is 0 Å². The van der Waals surface area contributed by atoms with Crippen molar-refractivity contribution in [1.82, 2.24) is 0 Å². The Morgan fingerprint density at radius 1 is 1.28 bits per heavy atom. The summed E-state index contributed by atoms with van der Waals surface area (Å²) in [5, 5.41) is 0. The fourth-order valence-corrected chi connectivity index (χ4v) is 3.43. The van der Waals surface area contributed by atoms with Crippen molar-refractivity contribution < 1.29 is 4.39 Å². The Labute approximate surface area is 110 Å². The van der Waals surface area contributed by atoms with E-state index in [-0.39, 0.29) is 5.82 Å². The smallest absolute Gasteiger partial charge is 0.126 e. The monoisotopic (exact) mass is 249 g/mol. The van der Waals surface area contributed by atoms with Crippen LogP contribution in [0.15, 0.2) is 24.3 Å². The Bertz CT molecular complexity index is 377. The van der Waals surface area contributed by atoms with Crippen LogP contribution < -0.4 is 5.73 Å². The van der Waals surface area contributed by atoms with Gasteiger partial charge in [-0.1, -0.05) is 44.4 Å². The zero-order valence-corrected chi connectivity index (χ0v) is 11.2. The first kappa shape index (κ1) is 13.5. The van der Waals surface area contributed by atoms with Gasteiger partial charge in [0.25, 0.3) is 0 Å². The Balaban J connectivity index is 2.18. The first-order valence-corrected chi connectivity index (χ1v) is 7.20. The lowest BCUT2D eigenvalue weighted by Gasteiger charge is -2.36. The fraction of sp³-hybridized carbons (Fsp3) is 0.625. The molecular weight excluding hydrogens is 225 g/mol. The van der Waals surface area contributed by atoms with E-state index >= 15 is 0 Å². The fourth-order valence-electron chi connectivity index (χ4n) is 3.43. The molecule has 1 aliphatic carbocycles. The van der Waals surface area contributed by atoms with E-state index in [4.69, 9.17) is 5.73 Å². The molecule has 18 heavy (non-hydrogen) atoms. The molecule has 0 spiro atoms. The molecule has 1 aromatic rings. The average Bonchev–Trinajstić information content (AvgIpc) is 2.40. The Kier molecular flexibility index (Phi) is 4.76. The van der Waals surface area contributed by atoms with Crippen molar-refractivity contribution in [2.24, 2.45) is 17.6 Å². The molecule has 0 saturated heterocycles. The lowest BCUT2D eigenvalue weighted by Crippen LogP contribution is -2.29. The second-order valence-corrected chi connectivity index (χ2v) is 5.59. The highest BCUT2D eigenvalue weighted by Crippen LogP contribution is 2.42. The highest BCUT2D eigenvalue weighted by Gasteiger charge is 2.31. The van der Waals surface area contributed by atoms with E-state index < -0.39 is 0 Å². The third-order valence-corrected chi connectivity index (χ3v) is 4.41. The quantitative estimate of drug-likeness (QED) is 0.854. The van der Waals surface area contributed by atoms with Gasteiger partial charge in [0, 0.05) is 0 Å². The second kappa shape index (κ2) is 6.33. The van der Waals surface area contributed by atoms with E-state index in [9.17, 15) is 4.39 Å². The Morgan fingerprint density at radius 2 is 2.06 bits per heavy atom. The van der Waals surface area contributed by atoms with Crippen LogP contribution in [0, 0.1) is 17.7 Å². The summed E-state index contributed by atoms with van der Waals surface area (Å²) in [7, 11) is 0. The van der Waals surface area contributed by atoms with Gasteiger partial charge in [-0.3, -0.25) is 0 Å². The van der Waals surface area contributed by atoms with E-state index in [0.717, 1.165) is 24.3 Å². The average molecular weight is 249 g/mol. The number of benzene rings is 1. The van der Waals surface area contributed by atoms with Gasteiger partial charge in [0.2, 0.25) is 0 Å². The van der Waals surface area contributed by atoms with E-state index in [1.807, 2.05) is 12.1 Å². The van der Waals surface area contributed by atoms with Gasteiger partial charge >= 0.3 is 0 Å². The molecule has 2 heteroatoms. The predicted molar refractivity (Wildman–Crippen MR) is 73.9 cm³/mol. The molecule has 1 saturated carbocycles. The van der Waals surface area contributed by atoms with Crippen LogP contribution in [0.25, 0.3) is 0 Å². The van der Waals surface area contributed by atoms with Gasteiger partial charge in [-0.05, 0) is 48.8 Å². The van der Waals surface area contributed by atoms with Gasteiger partial charge < -0.3 is 5.73 Å². The molecule has 0 aliphatic heterocycles. The van der Waals surface area contributed by atoms with Gasteiger partial charge in [0.1, 0.15) is 5.82 Å². The van der Waals surface area contributed by atoms with E-state index in [0.29, 0.717) is 18.4 Å². The molecule has 0 heterocycles. The molecule has 1 nitrogen and oxygen atoms in total. The maximum absolute atomic E-state index is 14.0. The number of nitrogens with two attached hydrogens (primary N) is 1. The lowest BCUT2D eigenvalue weighted by molar-refractivity contribution is 0.226. The molecule has 1 fully saturated rings. The molecule has 2 N–H and O–H groups in total. The predicted octanol–water partition coefficient (Wildman–Crippen LogP) is 4.08. The SMILES string of the molecule is CCCC1CCC(CN)C(c2ccccc2F)C1. The molecule has 1 aromatic carbocycles. The third kappa shape index (κ3) is 2.92. The van der Waals surface area contributed by atoms with Crippen LogP contribution in [0.2, 0.25) is 0 Å². The van der Waals surface area contributed by atoms with Gasteiger partial charge in [-0.2, -0.15) is 0 Å². The Hall–Kier alpha value is -0.890. The van der Waals surface area contributed by atoms with E-state index in [1.54, 1.807) is 12.1 Å². The highest BCUT2D eigenvalue weighted by molar-refractivity contribution is 5.23. The van der Waals surface area contributed by atoms with E-state index in [2.05, 4.69) is 6.92 Å². The van der Waals surface area contributed by atoms with Crippen LogP contribution in [0.3, 0.4) is 0 Å². The molecule has 0 radical (unpaired) electrons. The molecule has 3 unspecified atom stereocenters. The van der Waals surface area contributed by atoms with Crippen LogP contribution in [0.5, 0.6) is 0 Å². The summed E-state index contributed by atoms with van der Waals surface area (Å²) in [6.07, 6.45) is 6.02. The minimum atomic E-state index is -0.0573. The summed E-state index contributed by atoms with van der Waals surface area (Å²) >= 11 is 0. The first-order valence-electron chi connectivity index (χ1n) is 7.20. The normalized spacial score (nSPS) is 28.3. The molecule has 1 aliphatic rings. The largest absolute Gasteiger partial charge is 0.330 e. The number of hydrogen-bond acceptors (Lipinski definition) is 1. The molecule has 2 rings (SSSR count). The molecule has 0 aromatic heterocycles. The van der Waals surface area contributed by atoms with Crippen molar-refractivity contribution in [3.63, 3.8) is 0 Å². The summed E-state index contributed by atoms with van der Waals surface area (Å²) in [4.78, 5) is 0. The highest BCUT2D eigenvalue weighted by atomic mass is 19.1. The van der Waals surface area contributed by atoms with Gasteiger partial charge in [0.05, 0.1) is 0 Å². The van der Waals surface area contributed by atoms with Crippen molar-refractivity contribution >= 4 is 0 Å². The Morgan fingerprint density at radius 3 is 2.72 bits per heavy atom. The zero-order valence-electron chi connectivity index (χ0n) is 11.2. The summed E-state index contributed by atoms with van der Waals surface area (Å²) in [6.45, 7) is 2.91.